The molecule has 30 heavy (non-hydrogen) atoms. The summed E-state index contributed by atoms with van der Waals surface area (Å²) in [4.78, 5) is 41.8. The number of hydrogen-bond donors (Lipinski definition) is 1. The molecule has 160 valence electrons. The quantitative estimate of drug-likeness (QED) is 0.579. The summed E-state index contributed by atoms with van der Waals surface area (Å²) in [5, 5.41) is 0. The summed E-state index contributed by atoms with van der Waals surface area (Å²) < 4.78 is 5.43. The maximum absolute atomic E-state index is 12.8. The van der Waals surface area contributed by atoms with Crippen LogP contribution in [0.15, 0.2) is 30.3 Å². The smallest absolute Gasteiger partial charge is 0.355 e. The van der Waals surface area contributed by atoms with E-state index in [1.54, 1.807) is 25.7 Å². The van der Waals surface area contributed by atoms with Gasteiger partial charge in [0.05, 0.1) is 0 Å². The van der Waals surface area contributed by atoms with Crippen molar-refractivity contribution in [3.63, 3.8) is 0 Å². The van der Waals surface area contributed by atoms with Crippen LogP contribution in [0.4, 0.5) is 0 Å². The summed E-state index contributed by atoms with van der Waals surface area (Å²) in [5.74, 6) is -0.330. The average molecular weight is 411 g/mol. The first kappa shape index (κ1) is 21.8. The lowest BCUT2D eigenvalue weighted by molar-refractivity contribution is -0.141. The molecule has 1 amide bonds. The number of aromatic nitrogens is 1. The molecule has 1 atom stereocenters. The second-order valence-electron chi connectivity index (χ2n) is 8.19. The van der Waals surface area contributed by atoms with E-state index in [0.29, 0.717) is 35.8 Å². The van der Waals surface area contributed by atoms with Gasteiger partial charge in [0.25, 0.3) is 5.91 Å². The van der Waals surface area contributed by atoms with Gasteiger partial charge in [-0.1, -0.05) is 30.3 Å². The van der Waals surface area contributed by atoms with Crippen molar-refractivity contribution < 1.29 is 19.1 Å². The lowest BCUT2D eigenvalue weighted by atomic mass is 9.90. The van der Waals surface area contributed by atoms with E-state index in [-0.39, 0.29) is 17.4 Å². The Kier molecular flexibility index (Phi) is 6.75. The number of hydrogen-bond acceptors (Lipinski definition) is 4. The Bertz CT molecular complexity index is 924. The van der Waals surface area contributed by atoms with Gasteiger partial charge in [-0.15, -0.1) is 0 Å². The zero-order chi connectivity index (χ0) is 21.8. The van der Waals surface area contributed by atoms with Crippen molar-refractivity contribution in [3.05, 3.63) is 58.4 Å². The predicted octanol–water partition coefficient (Wildman–Crippen LogP) is 3.86. The van der Waals surface area contributed by atoms with Crippen LogP contribution in [0.2, 0.25) is 0 Å². The largest absolute Gasteiger partial charge is 0.448 e. The normalized spacial score (nSPS) is 15.7. The monoisotopic (exact) mass is 410 g/mol. The molecule has 0 aliphatic carbocycles. The van der Waals surface area contributed by atoms with E-state index in [2.05, 4.69) is 29.2 Å². The Morgan fingerprint density at radius 2 is 1.77 bits per heavy atom. The number of H-pyrrole nitrogens is 1. The number of Topliss-reactive ketones (excluding diaryl/α,β-unsaturated/α-hetero) is 1. The van der Waals surface area contributed by atoms with Crippen molar-refractivity contribution >= 4 is 17.7 Å². The van der Waals surface area contributed by atoms with Gasteiger partial charge in [0.15, 0.2) is 11.9 Å². The standard InChI is InChI=1S/C24H30N2O4/c1-15-21(17(3)27)16(2)25-22(15)24(29)30-18(4)23(28)26-12-10-20(11-13-26)14-19-8-6-5-7-9-19/h5-9,18,20,25H,10-14H2,1-4H3/t18-/m0/s1. The van der Waals surface area contributed by atoms with Gasteiger partial charge in [0, 0.05) is 24.3 Å². The molecule has 3 rings (SSSR count). The van der Waals surface area contributed by atoms with Gasteiger partial charge < -0.3 is 14.6 Å². The molecule has 0 radical (unpaired) electrons. The lowest BCUT2D eigenvalue weighted by Gasteiger charge is -2.33. The summed E-state index contributed by atoms with van der Waals surface area (Å²) in [6, 6.07) is 10.4. The van der Waals surface area contributed by atoms with Gasteiger partial charge >= 0.3 is 5.97 Å². The minimum atomic E-state index is -0.869. The number of ether oxygens (including phenoxy) is 1. The fourth-order valence-electron chi connectivity index (χ4n) is 4.31. The molecule has 1 aliphatic rings. The van der Waals surface area contributed by atoms with E-state index in [4.69, 9.17) is 4.74 Å². The van der Waals surface area contributed by atoms with E-state index < -0.39 is 12.1 Å². The van der Waals surface area contributed by atoms with Crippen molar-refractivity contribution in [2.45, 2.75) is 53.1 Å². The van der Waals surface area contributed by atoms with Gasteiger partial charge in [-0.05, 0) is 64.0 Å². The molecule has 1 aromatic heterocycles. The van der Waals surface area contributed by atoms with Crippen LogP contribution in [-0.2, 0) is 16.0 Å². The number of ketones is 1. The fraction of sp³-hybridized carbons (Fsp3) is 0.458. The minimum Gasteiger partial charge on any atom is -0.448 e. The highest BCUT2D eigenvalue weighted by Crippen LogP contribution is 2.23. The van der Waals surface area contributed by atoms with E-state index in [0.717, 1.165) is 19.3 Å². The molecule has 6 nitrogen and oxygen atoms in total. The van der Waals surface area contributed by atoms with Crippen LogP contribution in [0, 0.1) is 19.8 Å². The van der Waals surface area contributed by atoms with E-state index in [1.165, 1.54) is 12.5 Å². The zero-order valence-electron chi connectivity index (χ0n) is 18.2. The number of carbonyl (C=O) groups excluding carboxylic acids is 3. The number of likely N-dealkylation sites (tertiary alicyclic amines) is 1. The predicted molar refractivity (Wildman–Crippen MR) is 115 cm³/mol. The number of rotatable bonds is 6. The molecule has 1 aromatic carbocycles. The van der Waals surface area contributed by atoms with Gasteiger partial charge in [0.2, 0.25) is 0 Å². The summed E-state index contributed by atoms with van der Waals surface area (Å²) in [5.41, 5.74) is 3.25. The summed E-state index contributed by atoms with van der Waals surface area (Å²) in [6.07, 6.45) is 2.04. The number of carbonyl (C=O) groups is 3. The molecular weight excluding hydrogens is 380 g/mol. The Labute approximate surface area is 177 Å². The first-order valence-corrected chi connectivity index (χ1v) is 10.5. The lowest BCUT2D eigenvalue weighted by Crippen LogP contribution is -2.44. The molecule has 1 N–H and O–H groups in total. The third-order valence-corrected chi connectivity index (χ3v) is 5.92. The first-order valence-electron chi connectivity index (χ1n) is 10.5. The SMILES string of the molecule is CC(=O)c1c(C)[nH]c(C(=O)O[C@@H](C)C(=O)N2CCC(Cc3ccccc3)CC2)c1C. The van der Waals surface area contributed by atoms with Crippen LogP contribution < -0.4 is 0 Å². The van der Waals surface area contributed by atoms with Crippen LogP contribution in [0.1, 0.15) is 64.4 Å². The zero-order valence-corrected chi connectivity index (χ0v) is 18.2. The number of benzene rings is 1. The van der Waals surface area contributed by atoms with Gasteiger partial charge in [-0.3, -0.25) is 9.59 Å². The van der Waals surface area contributed by atoms with Gasteiger partial charge in [-0.2, -0.15) is 0 Å². The third-order valence-electron chi connectivity index (χ3n) is 5.92. The molecule has 0 saturated carbocycles. The van der Waals surface area contributed by atoms with Crippen LogP contribution >= 0.6 is 0 Å². The molecule has 0 unspecified atom stereocenters. The number of aromatic amines is 1. The molecule has 2 aromatic rings. The molecule has 1 aliphatic heterocycles. The number of amides is 1. The summed E-state index contributed by atoms with van der Waals surface area (Å²) >= 11 is 0. The van der Waals surface area contributed by atoms with Crippen LogP contribution in [0.3, 0.4) is 0 Å². The maximum Gasteiger partial charge on any atom is 0.355 e. The molecule has 0 spiro atoms. The van der Waals surface area contributed by atoms with Crippen molar-refractivity contribution in [2.75, 3.05) is 13.1 Å². The van der Waals surface area contributed by atoms with Crippen LogP contribution in [0.5, 0.6) is 0 Å². The summed E-state index contributed by atoms with van der Waals surface area (Å²) in [6.45, 7) is 7.87. The molecular formula is C24H30N2O4. The highest BCUT2D eigenvalue weighted by molar-refractivity contribution is 6.01. The second-order valence-corrected chi connectivity index (χ2v) is 8.19. The minimum absolute atomic E-state index is 0.109. The Balaban J connectivity index is 1.54. The Morgan fingerprint density at radius 3 is 2.33 bits per heavy atom. The van der Waals surface area contributed by atoms with Crippen LogP contribution in [0.25, 0.3) is 0 Å². The molecule has 1 fully saturated rings. The van der Waals surface area contributed by atoms with E-state index in [1.807, 2.05) is 6.07 Å². The topological polar surface area (TPSA) is 79.5 Å². The van der Waals surface area contributed by atoms with E-state index >= 15 is 0 Å². The maximum atomic E-state index is 12.8. The fourth-order valence-corrected chi connectivity index (χ4v) is 4.31. The molecule has 2 heterocycles. The highest BCUT2D eigenvalue weighted by Gasteiger charge is 2.29. The first-order chi connectivity index (χ1) is 14.3. The summed E-state index contributed by atoms with van der Waals surface area (Å²) in [7, 11) is 0. The van der Waals surface area contributed by atoms with Crippen molar-refractivity contribution in [2.24, 2.45) is 5.92 Å². The van der Waals surface area contributed by atoms with Crippen molar-refractivity contribution in [3.8, 4) is 0 Å². The number of nitrogens with zero attached hydrogens (tertiary/aromatic N) is 1. The number of piperidine rings is 1. The Hall–Kier alpha value is -2.89. The molecule has 0 bridgehead atoms. The average Bonchev–Trinajstić information content (AvgIpc) is 3.03. The van der Waals surface area contributed by atoms with Crippen molar-refractivity contribution in [1.29, 1.82) is 0 Å². The second kappa shape index (κ2) is 9.28. The number of esters is 1. The van der Waals surface area contributed by atoms with Gasteiger partial charge in [0.1, 0.15) is 5.69 Å². The van der Waals surface area contributed by atoms with Gasteiger partial charge in [-0.25, -0.2) is 4.79 Å². The number of nitrogens with one attached hydrogen (secondary N) is 1. The highest BCUT2D eigenvalue weighted by atomic mass is 16.5. The molecule has 6 heteroatoms. The van der Waals surface area contributed by atoms with Crippen LogP contribution in [-0.4, -0.2) is 46.7 Å². The number of aryl methyl sites for hydroxylation is 1. The third kappa shape index (κ3) is 4.81. The Morgan fingerprint density at radius 1 is 1.13 bits per heavy atom. The van der Waals surface area contributed by atoms with E-state index in [9.17, 15) is 14.4 Å². The molecule has 1 saturated heterocycles. The van der Waals surface area contributed by atoms with Crippen molar-refractivity contribution in [1.82, 2.24) is 9.88 Å².